The molecule has 3 nitrogen and oxygen atoms in total. The number of anilines is 1. The molecule has 0 heterocycles. The van der Waals surface area contributed by atoms with Crippen LogP contribution in [0.1, 0.15) is 6.92 Å². The van der Waals surface area contributed by atoms with E-state index in [0.29, 0.717) is 12.2 Å². The number of amides is 1. The first-order chi connectivity index (χ1) is 7.13. The largest absolute Gasteiger partial charge is 0.326 e. The zero-order valence-corrected chi connectivity index (χ0v) is 10.1. The smallest absolute Gasteiger partial charge is 0.228 e. The number of carbonyl (C=O) groups excluding carboxylic acids is 1. The van der Waals surface area contributed by atoms with Crippen LogP contribution in [0.4, 0.5) is 10.1 Å². The molecule has 0 spiro atoms. The first-order valence-corrected chi connectivity index (χ1v) is 4.84. The Kier molecular flexibility index (Phi) is 6.69. The highest BCUT2D eigenvalue weighted by molar-refractivity contribution is 5.92. The van der Waals surface area contributed by atoms with Crippen LogP contribution in [0.15, 0.2) is 24.3 Å². The van der Waals surface area contributed by atoms with Crippen molar-refractivity contribution in [1.82, 2.24) is 5.32 Å². The second-order valence-corrected chi connectivity index (χ2v) is 3.46. The normalized spacial score (nSPS) is 11.4. The van der Waals surface area contributed by atoms with E-state index < -0.39 is 0 Å². The molecule has 1 amide bonds. The monoisotopic (exact) mass is 246 g/mol. The second-order valence-electron chi connectivity index (χ2n) is 3.46. The van der Waals surface area contributed by atoms with Crippen molar-refractivity contribution in [1.29, 1.82) is 0 Å². The lowest BCUT2D eigenvalue weighted by atomic mass is 10.1. The Morgan fingerprint density at radius 3 is 2.75 bits per heavy atom. The van der Waals surface area contributed by atoms with E-state index in [9.17, 15) is 9.18 Å². The van der Waals surface area contributed by atoms with Crippen LogP contribution >= 0.6 is 12.4 Å². The van der Waals surface area contributed by atoms with E-state index >= 15 is 0 Å². The van der Waals surface area contributed by atoms with Crippen molar-refractivity contribution in [3.05, 3.63) is 30.1 Å². The van der Waals surface area contributed by atoms with Gasteiger partial charge >= 0.3 is 0 Å². The molecule has 0 fully saturated rings. The van der Waals surface area contributed by atoms with Crippen molar-refractivity contribution in [2.75, 3.05) is 18.9 Å². The van der Waals surface area contributed by atoms with E-state index in [1.165, 1.54) is 12.1 Å². The number of nitrogens with one attached hydrogen (secondary N) is 2. The highest BCUT2D eigenvalue weighted by Gasteiger charge is 2.11. The summed E-state index contributed by atoms with van der Waals surface area (Å²) in [5, 5.41) is 5.56. The summed E-state index contributed by atoms with van der Waals surface area (Å²) in [6, 6.07) is 5.86. The summed E-state index contributed by atoms with van der Waals surface area (Å²) in [5.74, 6) is -0.609. The van der Waals surface area contributed by atoms with E-state index in [1.54, 1.807) is 19.2 Å². The molecule has 0 radical (unpaired) electrons. The van der Waals surface area contributed by atoms with Gasteiger partial charge in [0.15, 0.2) is 0 Å². The fourth-order valence-electron chi connectivity index (χ4n) is 1.23. The average molecular weight is 247 g/mol. The molecule has 1 aromatic carbocycles. The lowest BCUT2D eigenvalue weighted by Gasteiger charge is -2.11. The maximum absolute atomic E-state index is 12.8. The maximum atomic E-state index is 12.8. The molecule has 1 aromatic rings. The maximum Gasteiger partial charge on any atom is 0.228 e. The van der Waals surface area contributed by atoms with Crippen LogP contribution in [-0.4, -0.2) is 19.5 Å². The third kappa shape index (κ3) is 4.59. The Labute approximate surface area is 101 Å². The fourth-order valence-corrected chi connectivity index (χ4v) is 1.23. The van der Waals surface area contributed by atoms with E-state index in [2.05, 4.69) is 10.6 Å². The van der Waals surface area contributed by atoms with Crippen LogP contribution < -0.4 is 10.6 Å². The van der Waals surface area contributed by atoms with E-state index in [4.69, 9.17) is 0 Å². The Hall–Kier alpha value is -1.13. The molecular weight excluding hydrogens is 231 g/mol. The number of halogens is 2. The molecular formula is C11H16ClFN2O. The van der Waals surface area contributed by atoms with E-state index in [1.807, 2.05) is 6.92 Å². The summed E-state index contributed by atoms with van der Waals surface area (Å²) in [6.07, 6.45) is 0. The summed E-state index contributed by atoms with van der Waals surface area (Å²) in [4.78, 5) is 11.5. The van der Waals surface area contributed by atoms with Crippen molar-refractivity contribution in [3.63, 3.8) is 0 Å². The van der Waals surface area contributed by atoms with Crippen LogP contribution in [0.2, 0.25) is 0 Å². The molecule has 1 atom stereocenters. The van der Waals surface area contributed by atoms with Crippen molar-refractivity contribution < 1.29 is 9.18 Å². The van der Waals surface area contributed by atoms with Gasteiger partial charge in [0.05, 0.1) is 0 Å². The minimum Gasteiger partial charge on any atom is -0.326 e. The molecule has 16 heavy (non-hydrogen) atoms. The van der Waals surface area contributed by atoms with E-state index in [0.717, 1.165) is 0 Å². The van der Waals surface area contributed by atoms with Gasteiger partial charge in [-0.05, 0) is 25.2 Å². The van der Waals surface area contributed by atoms with Gasteiger partial charge in [0.2, 0.25) is 5.91 Å². The fraction of sp³-hybridized carbons (Fsp3) is 0.364. The van der Waals surface area contributed by atoms with Gasteiger partial charge in [-0.2, -0.15) is 0 Å². The molecule has 0 saturated carbocycles. The molecule has 90 valence electrons. The zero-order valence-electron chi connectivity index (χ0n) is 9.29. The van der Waals surface area contributed by atoms with Gasteiger partial charge in [-0.1, -0.05) is 13.0 Å². The van der Waals surface area contributed by atoms with Crippen molar-refractivity contribution >= 4 is 24.0 Å². The number of carbonyl (C=O) groups is 1. The van der Waals surface area contributed by atoms with Gasteiger partial charge in [-0.15, -0.1) is 12.4 Å². The van der Waals surface area contributed by atoms with Crippen LogP contribution in [-0.2, 0) is 4.79 Å². The third-order valence-electron chi connectivity index (χ3n) is 2.05. The minimum atomic E-state index is -0.353. The molecule has 5 heteroatoms. The Bertz CT molecular complexity index is 347. The lowest BCUT2D eigenvalue weighted by molar-refractivity contribution is -0.119. The van der Waals surface area contributed by atoms with Crippen LogP contribution in [0.5, 0.6) is 0 Å². The van der Waals surface area contributed by atoms with Crippen LogP contribution in [0, 0.1) is 11.7 Å². The van der Waals surface area contributed by atoms with Crippen molar-refractivity contribution in [2.24, 2.45) is 5.92 Å². The Morgan fingerprint density at radius 2 is 2.19 bits per heavy atom. The molecule has 0 aliphatic carbocycles. The molecule has 1 unspecified atom stereocenters. The van der Waals surface area contributed by atoms with Gasteiger partial charge < -0.3 is 10.6 Å². The second kappa shape index (κ2) is 7.19. The van der Waals surface area contributed by atoms with Gasteiger partial charge in [0.1, 0.15) is 5.82 Å². The predicted octanol–water partition coefficient (Wildman–Crippen LogP) is 2.04. The third-order valence-corrected chi connectivity index (χ3v) is 2.05. The van der Waals surface area contributed by atoms with E-state index in [-0.39, 0.29) is 30.0 Å². The zero-order chi connectivity index (χ0) is 11.3. The summed E-state index contributed by atoms with van der Waals surface area (Å²) >= 11 is 0. The first kappa shape index (κ1) is 14.9. The molecule has 0 aromatic heterocycles. The number of benzene rings is 1. The van der Waals surface area contributed by atoms with Gasteiger partial charge in [-0.25, -0.2) is 4.39 Å². The number of hydrogen-bond donors (Lipinski definition) is 2. The topological polar surface area (TPSA) is 41.1 Å². The summed E-state index contributed by atoms with van der Waals surface area (Å²) in [7, 11) is 1.78. The SMILES string of the molecule is CNCC(C)C(=O)Nc1cccc(F)c1.Cl. The molecule has 0 aliphatic heterocycles. The molecule has 0 aliphatic rings. The summed E-state index contributed by atoms with van der Waals surface area (Å²) < 4.78 is 12.8. The van der Waals surface area contributed by atoms with Crippen molar-refractivity contribution in [2.45, 2.75) is 6.92 Å². The summed E-state index contributed by atoms with van der Waals surface area (Å²) in [6.45, 7) is 2.41. The lowest BCUT2D eigenvalue weighted by Crippen LogP contribution is -2.28. The van der Waals surface area contributed by atoms with Gasteiger partial charge in [0.25, 0.3) is 0 Å². The Balaban J connectivity index is 0.00000225. The number of rotatable bonds is 4. The van der Waals surface area contributed by atoms with Crippen LogP contribution in [0.3, 0.4) is 0 Å². The van der Waals surface area contributed by atoms with Gasteiger partial charge in [-0.3, -0.25) is 4.79 Å². The van der Waals surface area contributed by atoms with Gasteiger partial charge in [0, 0.05) is 18.2 Å². The molecule has 0 bridgehead atoms. The number of hydrogen-bond acceptors (Lipinski definition) is 2. The summed E-state index contributed by atoms with van der Waals surface area (Å²) in [5.41, 5.74) is 0.489. The molecule has 2 N–H and O–H groups in total. The standard InChI is InChI=1S/C11H15FN2O.ClH/c1-8(7-13-2)11(15)14-10-5-3-4-9(12)6-10;/h3-6,8,13H,7H2,1-2H3,(H,14,15);1H. The first-order valence-electron chi connectivity index (χ1n) is 4.84. The average Bonchev–Trinajstić information content (AvgIpc) is 2.18. The van der Waals surface area contributed by atoms with Crippen LogP contribution in [0.25, 0.3) is 0 Å². The highest BCUT2D eigenvalue weighted by atomic mass is 35.5. The molecule has 1 rings (SSSR count). The quantitative estimate of drug-likeness (QED) is 0.854. The molecule has 0 saturated heterocycles. The van der Waals surface area contributed by atoms with Crippen molar-refractivity contribution in [3.8, 4) is 0 Å². The Morgan fingerprint density at radius 1 is 1.50 bits per heavy atom. The highest BCUT2D eigenvalue weighted by Crippen LogP contribution is 2.10. The predicted molar refractivity (Wildman–Crippen MR) is 65.4 cm³/mol. The minimum absolute atomic E-state index is 0.